The fourth-order valence-corrected chi connectivity index (χ4v) is 2.13. The van der Waals surface area contributed by atoms with Gasteiger partial charge in [-0.3, -0.25) is 4.79 Å². The zero-order valence-corrected chi connectivity index (χ0v) is 12.6. The van der Waals surface area contributed by atoms with Crippen LogP contribution in [0.25, 0.3) is 0 Å². The number of hydrogen-bond acceptors (Lipinski definition) is 4. The first-order chi connectivity index (χ1) is 11.0. The Kier molecular flexibility index (Phi) is 4.78. The van der Waals surface area contributed by atoms with E-state index in [0.717, 1.165) is 6.07 Å². The van der Waals surface area contributed by atoms with Crippen LogP contribution in [0.15, 0.2) is 24.3 Å². The normalized spacial score (nSPS) is 10.3. The molecular formula is C16H13F3O4. The largest absolute Gasteiger partial charge is 0.493 e. The molecule has 0 aromatic heterocycles. The number of ketones is 1. The van der Waals surface area contributed by atoms with Crippen LogP contribution in [0.3, 0.4) is 0 Å². The van der Waals surface area contributed by atoms with E-state index in [-0.39, 0.29) is 17.1 Å². The maximum absolute atomic E-state index is 13.8. The Balaban J connectivity index is 2.63. The SMILES string of the molecule is COc1ccc(C(=O)c2ccc(F)c(F)c2F)c(OC)c1OC. The number of halogens is 3. The molecule has 2 aromatic carbocycles. The fourth-order valence-electron chi connectivity index (χ4n) is 2.13. The van der Waals surface area contributed by atoms with Gasteiger partial charge in [-0.15, -0.1) is 0 Å². The van der Waals surface area contributed by atoms with Gasteiger partial charge in [0.05, 0.1) is 32.5 Å². The van der Waals surface area contributed by atoms with Gasteiger partial charge in [0, 0.05) is 0 Å². The molecule has 0 unspecified atom stereocenters. The number of rotatable bonds is 5. The van der Waals surface area contributed by atoms with E-state index in [1.165, 1.54) is 33.5 Å². The molecule has 0 aliphatic heterocycles. The Bertz CT molecular complexity index is 759. The Morgan fingerprint density at radius 1 is 0.783 bits per heavy atom. The molecular weight excluding hydrogens is 313 g/mol. The van der Waals surface area contributed by atoms with E-state index in [4.69, 9.17) is 14.2 Å². The summed E-state index contributed by atoms with van der Waals surface area (Å²) in [5.41, 5.74) is -0.690. The molecule has 0 atom stereocenters. The first-order valence-corrected chi connectivity index (χ1v) is 6.43. The molecule has 0 saturated carbocycles. The van der Waals surface area contributed by atoms with Crippen molar-refractivity contribution in [2.24, 2.45) is 0 Å². The van der Waals surface area contributed by atoms with E-state index in [1.54, 1.807) is 0 Å². The summed E-state index contributed by atoms with van der Waals surface area (Å²) in [4.78, 5) is 12.5. The van der Waals surface area contributed by atoms with Gasteiger partial charge >= 0.3 is 0 Å². The molecule has 0 heterocycles. The first-order valence-electron chi connectivity index (χ1n) is 6.43. The quantitative estimate of drug-likeness (QED) is 0.624. The topological polar surface area (TPSA) is 44.8 Å². The molecule has 0 fully saturated rings. The molecule has 0 amide bonds. The lowest BCUT2D eigenvalue weighted by molar-refractivity contribution is 0.103. The van der Waals surface area contributed by atoms with Gasteiger partial charge in [0.25, 0.3) is 0 Å². The van der Waals surface area contributed by atoms with Crippen molar-refractivity contribution in [2.45, 2.75) is 0 Å². The predicted octanol–water partition coefficient (Wildman–Crippen LogP) is 3.36. The highest BCUT2D eigenvalue weighted by atomic mass is 19.2. The number of hydrogen-bond donors (Lipinski definition) is 0. The van der Waals surface area contributed by atoms with Crippen LogP contribution in [0.4, 0.5) is 13.2 Å². The molecule has 23 heavy (non-hydrogen) atoms. The summed E-state index contributed by atoms with van der Waals surface area (Å²) in [6, 6.07) is 4.29. The van der Waals surface area contributed by atoms with Crippen molar-refractivity contribution in [3.63, 3.8) is 0 Å². The lowest BCUT2D eigenvalue weighted by atomic mass is 10.0. The summed E-state index contributed by atoms with van der Waals surface area (Å²) in [5, 5.41) is 0. The van der Waals surface area contributed by atoms with E-state index in [1.807, 2.05) is 0 Å². The Morgan fingerprint density at radius 2 is 1.39 bits per heavy atom. The minimum atomic E-state index is -1.71. The van der Waals surface area contributed by atoms with Crippen molar-refractivity contribution in [1.29, 1.82) is 0 Å². The minimum Gasteiger partial charge on any atom is -0.493 e. The van der Waals surface area contributed by atoms with Crippen LogP contribution in [0.2, 0.25) is 0 Å². The molecule has 0 aliphatic carbocycles. The van der Waals surface area contributed by atoms with Crippen LogP contribution in [0, 0.1) is 17.5 Å². The third-order valence-electron chi connectivity index (χ3n) is 3.23. The standard InChI is InChI=1S/C16H13F3O4/c1-21-11-7-5-9(15(22-2)16(11)23-3)14(20)8-4-6-10(17)13(19)12(8)18/h4-7H,1-3H3. The summed E-state index contributed by atoms with van der Waals surface area (Å²) in [7, 11) is 4.02. The van der Waals surface area contributed by atoms with E-state index in [0.29, 0.717) is 11.8 Å². The monoisotopic (exact) mass is 326 g/mol. The molecule has 0 aliphatic rings. The number of ether oxygens (including phenoxy) is 3. The van der Waals surface area contributed by atoms with E-state index < -0.39 is 28.8 Å². The molecule has 2 rings (SSSR count). The Labute approximate surface area is 130 Å². The second kappa shape index (κ2) is 6.60. The second-order valence-corrected chi connectivity index (χ2v) is 4.43. The number of benzene rings is 2. The summed E-state index contributed by atoms with van der Waals surface area (Å²) >= 11 is 0. The molecule has 0 radical (unpaired) electrons. The molecule has 0 N–H and O–H groups in total. The summed E-state index contributed by atoms with van der Waals surface area (Å²) in [6.45, 7) is 0. The van der Waals surface area contributed by atoms with Crippen molar-refractivity contribution < 1.29 is 32.2 Å². The number of carbonyl (C=O) groups excluding carboxylic acids is 1. The van der Waals surface area contributed by atoms with Crippen LogP contribution < -0.4 is 14.2 Å². The van der Waals surface area contributed by atoms with Crippen LogP contribution in [0.5, 0.6) is 17.2 Å². The van der Waals surface area contributed by atoms with Gasteiger partial charge in [-0.05, 0) is 24.3 Å². The third kappa shape index (κ3) is 2.81. The fraction of sp³-hybridized carbons (Fsp3) is 0.188. The lowest BCUT2D eigenvalue weighted by Gasteiger charge is -2.15. The summed E-state index contributed by atoms with van der Waals surface area (Å²) < 4.78 is 55.5. The van der Waals surface area contributed by atoms with Gasteiger partial charge in [0.15, 0.2) is 34.7 Å². The van der Waals surface area contributed by atoms with Crippen LogP contribution >= 0.6 is 0 Å². The Morgan fingerprint density at radius 3 is 1.96 bits per heavy atom. The average molecular weight is 326 g/mol. The van der Waals surface area contributed by atoms with Gasteiger partial charge in [-0.25, -0.2) is 13.2 Å². The Hall–Kier alpha value is -2.70. The molecule has 0 spiro atoms. The summed E-state index contributed by atoms with van der Waals surface area (Å²) in [5.74, 6) is -5.10. The zero-order valence-electron chi connectivity index (χ0n) is 12.6. The maximum atomic E-state index is 13.8. The third-order valence-corrected chi connectivity index (χ3v) is 3.23. The van der Waals surface area contributed by atoms with Crippen molar-refractivity contribution >= 4 is 5.78 Å². The predicted molar refractivity (Wildman–Crippen MR) is 75.8 cm³/mol. The van der Waals surface area contributed by atoms with Crippen LogP contribution in [0.1, 0.15) is 15.9 Å². The first kappa shape index (κ1) is 16.7. The molecule has 0 bridgehead atoms. The summed E-state index contributed by atoms with van der Waals surface area (Å²) in [6.07, 6.45) is 0. The smallest absolute Gasteiger partial charge is 0.204 e. The van der Waals surface area contributed by atoms with E-state index in [2.05, 4.69) is 0 Å². The van der Waals surface area contributed by atoms with Gasteiger partial charge < -0.3 is 14.2 Å². The average Bonchev–Trinajstić information content (AvgIpc) is 2.57. The maximum Gasteiger partial charge on any atom is 0.204 e. The van der Waals surface area contributed by atoms with E-state index in [9.17, 15) is 18.0 Å². The van der Waals surface area contributed by atoms with Gasteiger partial charge in [0.1, 0.15) is 0 Å². The second-order valence-electron chi connectivity index (χ2n) is 4.43. The van der Waals surface area contributed by atoms with Gasteiger partial charge in [-0.2, -0.15) is 0 Å². The molecule has 7 heteroatoms. The van der Waals surface area contributed by atoms with Crippen molar-refractivity contribution in [1.82, 2.24) is 0 Å². The van der Waals surface area contributed by atoms with Crippen LogP contribution in [-0.4, -0.2) is 27.1 Å². The van der Waals surface area contributed by atoms with Crippen LogP contribution in [-0.2, 0) is 0 Å². The minimum absolute atomic E-state index is 0.000910. The molecule has 4 nitrogen and oxygen atoms in total. The van der Waals surface area contributed by atoms with Gasteiger partial charge in [-0.1, -0.05) is 0 Å². The van der Waals surface area contributed by atoms with Crippen molar-refractivity contribution in [2.75, 3.05) is 21.3 Å². The zero-order chi connectivity index (χ0) is 17.1. The highest BCUT2D eigenvalue weighted by molar-refractivity contribution is 6.11. The number of methoxy groups -OCH3 is 3. The van der Waals surface area contributed by atoms with Crippen molar-refractivity contribution in [3.05, 3.63) is 52.8 Å². The molecule has 122 valence electrons. The lowest BCUT2D eigenvalue weighted by Crippen LogP contribution is -2.10. The highest BCUT2D eigenvalue weighted by Crippen LogP contribution is 2.40. The van der Waals surface area contributed by atoms with Crippen molar-refractivity contribution in [3.8, 4) is 17.2 Å². The molecule has 2 aromatic rings. The van der Waals surface area contributed by atoms with E-state index >= 15 is 0 Å². The highest BCUT2D eigenvalue weighted by Gasteiger charge is 2.25. The number of carbonyl (C=O) groups is 1. The molecule has 0 saturated heterocycles. The van der Waals surface area contributed by atoms with Gasteiger partial charge in [0.2, 0.25) is 5.75 Å².